The number of fused-ring (bicyclic) bond motifs is 11. The van der Waals surface area contributed by atoms with E-state index in [0.717, 1.165) is 71.5 Å². The van der Waals surface area contributed by atoms with Gasteiger partial charge in [-0.15, -0.1) is 0 Å². The summed E-state index contributed by atoms with van der Waals surface area (Å²) >= 11 is 0. The van der Waals surface area contributed by atoms with E-state index in [1.807, 2.05) is 18.2 Å². The molecule has 0 spiro atoms. The van der Waals surface area contributed by atoms with Crippen LogP contribution in [-0.4, -0.2) is 19.5 Å². The van der Waals surface area contributed by atoms with E-state index in [1.54, 1.807) is 0 Å². The molecule has 0 fully saturated rings. The minimum atomic E-state index is 0.582. The van der Waals surface area contributed by atoms with Gasteiger partial charge in [-0.25, -0.2) is 15.0 Å². The third-order valence-corrected chi connectivity index (χ3v) is 12.1. The second kappa shape index (κ2) is 12.7. The first-order chi connectivity index (χ1) is 29.7. The second-order valence-corrected chi connectivity index (χ2v) is 15.6. The smallest absolute Gasteiger partial charge is 0.164 e. The van der Waals surface area contributed by atoms with Gasteiger partial charge in [0.2, 0.25) is 0 Å². The molecule has 0 saturated heterocycles. The zero-order valence-electron chi connectivity index (χ0n) is 32.2. The molecule has 60 heavy (non-hydrogen) atoms. The van der Waals surface area contributed by atoms with Gasteiger partial charge in [0, 0.05) is 38.2 Å². The van der Waals surface area contributed by atoms with Crippen molar-refractivity contribution in [2.24, 2.45) is 0 Å². The van der Waals surface area contributed by atoms with Crippen molar-refractivity contribution < 1.29 is 4.42 Å². The highest BCUT2D eigenvalue weighted by Crippen LogP contribution is 2.45. The van der Waals surface area contributed by atoms with Gasteiger partial charge >= 0.3 is 0 Å². The Bertz CT molecular complexity index is 3900. The predicted octanol–water partition coefficient (Wildman–Crippen LogP) is 14.5. The monoisotopic (exact) mass is 764 g/mol. The summed E-state index contributed by atoms with van der Waals surface area (Å²) in [4.78, 5) is 15.6. The first-order valence-corrected chi connectivity index (χ1v) is 20.3. The van der Waals surface area contributed by atoms with E-state index >= 15 is 0 Å². The average Bonchev–Trinajstić information content (AvgIpc) is 3.85. The Morgan fingerprint density at radius 3 is 1.70 bits per heavy atom. The fourth-order valence-corrected chi connectivity index (χ4v) is 9.32. The molecule has 0 N–H and O–H groups in total. The van der Waals surface area contributed by atoms with Gasteiger partial charge in [0.1, 0.15) is 5.58 Å². The maximum Gasteiger partial charge on any atom is 0.164 e. The molecular formula is C55H32N4O. The van der Waals surface area contributed by atoms with E-state index in [9.17, 15) is 0 Å². The van der Waals surface area contributed by atoms with Crippen molar-refractivity contribution in [1.82, 2.24) is 19.5 Å². The van der Waals surface area contributed by atoms with Gasteiger partial charge in [-0.05, 0) is 91.6 Å². The molecule has 13 aromatic rings. The summed E-state index contributed by atoms with van der Waals surface area (Å²) < 4.78 is 9.53. The molecule has 0 saturated carbocycles. The summed E-state index contributed by atoms with van der Waals surface area (Å²) in [6, 6.07) is 68.6. The summed E-state index contributed by atoms with van der Waals surface area (Å²) in [5.74, 6) is 1.81. The van der Waals surface area contributed by atoms with Gasteiger partial charge in [-0.1, -0.05) is 146 Å². The van der Waals surface area contributed by atoms with E-state index in [0.29, 0.717) is 17.5 Å². The van der Waals surface area contributed by atoms with Gasteiger partial charge in [0.05, 0.1) is 16.7 Å². The number of hydrogen-bond acceptors (Lipinski definition) is 4. The lowest BCUT2D eigenvalue weighted by Crippen LogP contribution is -2.01. The minimum absolute atomic E-state index is 0.582. The number of furan rings is 1. The molecule has 3 heterocycles. The fourth-order valence-electron chi connectivity index (χ4n) is 9.32. The lowest BCUT2D eigenvalue weighted by Gasteiger charge is -2.13. The zero-order valence-corrected chi connectivity index (χ0v) is 32.2. The minimum Gasteiger partial charge on any atom is -0.454 e. The normalized spacial score (nSPS) is 12.0. The number of rotatable bonds is 4. The second-order valence-electron chi connectivity index (χ2n) is 15.6. The van der Waals surface area contributed by atoms with Crippen LogP contribution in [0.25, 0.3) is 127 Å². The topological polar surface area (TPSA) is 56.7 Å². The third-order valence-electron chi connectivity index (χ3n) is 12.1. The number of nitrogens with zero attached hydrogens (tertiary/aromatic N) is 4. The Labute approximate surface area is 343 Å². The summed E-state index contributed by atoms with van der Waals surface area (Å²) in [6.07, 6.45) is 0. The van der Waals surface area contributed by atoms with Gasteiger partial charge in [-0.3, -0.25) is 0 Å². The number of aromatic nitrogens is 4. The van der Waals surface area contributed by atoms with Crippen LogP contribution < -0.4 is 0 Å². The number of benzene rings is 10. The molecule has 278 valence electrons. The summed E-state index contributed by atoms with van der Waals surface area (Å²) in [7, 11) is 0. The molecule has 0 unspecified atom stereocenters. The molecule has 10 aromatic carbocycles. The Morgan fingerprint density at radius 1 is 0.350 bits per heavy atom. The third kappa shape index (κ3) is 4.96. The van der Waals surface area contributed by atoms with Crippen molar-refractivity contribution in [2.45, 2.75) is 0 Å². The lowest BCUT2D eigenvalue weighted by atomic mass is 10.0. The Kier molecular flexibility index (Phi) is 6.95. The van der Waals surface area contributed by atoms with E-state index in [1.165, 1.54) is 37.7 Å². The Balaban J connectivity index is 1.15. The van der Waals surface area contributed by atoms with Crippen molar-refractivity contribution in [2.75, 3.05) is 0 Å². The van der Waals surface area contributed by atoms with Crippen molar-refractivity contribution in [3.8, 4) is 39.9 Å². The summed E-state index contributed by atoms with van der Waals surface area (Å²) in [5, 5.41) is 13.7. The standard InChI is InChI=1S/C55H32N4O/c1-2-14-35(15-3-1)53-56-54(41-23-22-33-12-4-5-16-36(33)28-41)58-55(57-53)43-25-27-47(52-51(43)45-30-38-18-7-9-20-40(38)32-49(45)60-52)59-46-26-24-34-13-10-11-21-42(34)50(46)44-29-37-17-6-8-19-39(37)31-48(44)59/h1-32H. The van der Waals surface area contributed by atoms with Crippen LogP contribution in [0.2, 0.25) is 0 Å². The molecule has 0 bridgehead atoms. The molecular weight excluding hydrogens is 733 g/mol. The molecule has 13 rings (SSSR count). The maximum atomic E-state index is 7.14. The van der Waals surface area contributed by atoms with Crippen LogP contribution in [0.1, 0.15) is 0 Å². The van der Waals surface area contributed by atoms with Crippen LogP contribution in [0.4, 0.5) is 0 Å². The van der Waals surface area contributed by atoms with Crippen LogP contribution in [0.3, 0.4) is 0 Å². The van der Waals surface area contributed by atoms with E-state index in [-0.39, 0.29) is 0 Å². The quantitative estimate of drug-likeness (QED) is 0.179. The van der Waals surface area contributed by atoms with E-state index < -0.39 is 0 Å². The first kappa shape index (κ1) is 32.9. The first-order valence-electron chi connectivity index (χ1n) is 20.3. The summed E-state index contributed by atoms with van der Waals surface area (Å²) in [5.41, 5.74) is 7.48. The van der Waals surface area contributed by atoms with Gasteiger partial charge < -0.3 is 8.98 Å². The molecule has 0 aliphatic carbocycles. The van der Waals surface area contributed by atoms with Crippen molar-refractivity contribution in [3.63, 3.8) is 0 Å². The van der Waals surface area contributed by atoms with Crippen LogP contribution >= 0.6 is 0 Å². The van der Waals surface area contributed by atoms with Crippen molar-refractivity contribution in [1.29, 1.82) is 0 Å². The molecule has 5 nitrogen and oxygen atoms in total. The molecule has 0 amide bonds. The highest BCUT2D eigenvalue weighted by Gasteiger charge is 2.24. The van der Waals surface area contributed by atoms with Crippen LogP contribution in [0.15, 0.2) is 199 Å². The van der Waals surface area contributed by atoms with Crippen LogP contribution in [0, 0.1) is 0 Å². The molecule has 0 radical (unpaired) electrons. The van der Waals surface area contributed by atoms with Gasteiger partial charge in [0.15, 0.2) is 23.1 Å². The van der Waals surface area contributed by atoms with Gasteiger partial charge in [0.25, 0.3) is 0 Å². The summed E-state index contributed by atoms with van der Waals surface area (Å²) in [6.45, 7) is 0. The highest BCUT2D eigenvalue weighted by molar-refractivity contribution is 6.24. The Hall–Kier alpha value is -8.15. The number of hydrogen-bond donors (Lipinski definition) is 0. The Morgan fingerprint density at radius 2 is 0.933 bits per heavy atom. The SMILES string of the molecule is c1ccc(-c2nc(-c3ccc4ccccc4c3)nc(-c3ccc(-n4c5cc6ccccc6cc5c5c6ccccc6ccc54)c4oc5cc6ccccc6cc5c34)n2)cc1. The van der Waals surface area contributed by atoms with Gasteiger partial charge in [-0.2, -0.15) is 0 Å². The molecule has 3 aromatic heterocycles. The van der Waals surface area contributed by atoms with Crippen LogP contribution in [0.5, 0.6) is 0 Å². The average molecular weight is 765 g/mol. The van der Waals surface area contributed by atoms with E-state index in [4.69, 9.17) is 19.4 Å². The fraction of sp³-hybridized carbons (Fsp3) is 0. The molecule has 5 heteroatoms. The predicted molar refractivity (Wildman–Crippen MR) is 248 cm³/mol. The molecule has 0 aliphatic rings. The maximum absolute atomic E-state index is 7.14. The lowest BCUT2D eigenvalue weighted by molar-refractivity contribution is 0.667. The van der Waals surface area contributed by atoms with Crippen LogP contribution in [-0.2, 0) is 0 Å². The highest BCUT2D eigenvalue weighted by atomic mass is 16.3. The van der Waals surface area contributed by atoms with Crippen molar-refractivity contribution in [3.05, 3.63) is 194 Å². The largest absolute Gasteiger partial charge is 0.454 e. The molecule has 0 atom stereocenters. The van der Waals surface area contributed by atoms with E-state index in [2.05, 4.69) is 180 Å². The van der Waals surface area contributed by atoms with Crippen molar-refractivity contribution >= 4 is 86.8 Å². The molecule has 0 aliphatic heterocycles. The zero-order chi connectivity index (χ0) is 39.3.